The van der Waals surface area contributed by atoms with Gasteiger partial charge in [-0.05, 0) is 48.4 Å². The van der Waals surface area contributed by atoms with Crippen LogP contribution in [0.4, 0.5) is 13.2 Å². The largest absolute Gasteiger partial charge is 0.573 e. The number of hydrogen-bond donors (Lipinski definition) is 3. The second-order valence-corrected chi connectivity index (χ2v) is 7.88. The summed E-state index contributed by atoms with van der Waals surface area (Å²) < 4.78 is 68.6. The summed E-state index contributed by atoms with van der Waals surface area (Å²) in [6.45, 7) is -1.08. The van der Waals surface area contributed by atoms with Gasteiger partial charge in [-0.3, -0.25) is 14.7 Å². The van der Waals surface area contributed by atoms with E-state index in [4.69, 9.17) is 8.85 Å². The number of rotatable bonds is 7. The summed E-state index contributed by atoms with van der Waals surface area (Å²) in [6, 6.07) is 11.0. The Balaban J connectivity index is 1.58. The molecule has 0 saturated carbocycles. The van der Waals surface area contributed by atoms with Crippen molar-refractivity contribution in [3.05, 3.63) is 71.5 Å². The van der Waals surface area contributed by atoms with Crippen LogP contribution >= 0.6 is 0 Å². The summed E-state index contributed by atoms with van der Waals surface area (Å²) in [4.78, 5) is 29.6. The maximum absolute atomic E-state index is 13.2. The molecule has 2 aromatic carbocycles. The normalized spacial score (nSPS) is 13.7. The maximum Gasteiger partial charge on any atom is 0.573 e. The number of fused-ring (bicyclic) bond motifs is 1. The van der Waals surface area contributed by atoms with Gasteiger partial charge >= 0.3 is 6.36 Å². The maximum atomic E-state index is 13.2. The predicted molar refractivity (Wildman–Crippen MR) is 128 cm³/mol. The van der Waals surface area contributed by atoms with Gasteiger partial charge in [0.2, 0.25) is 5.88 Å². The number of hydrogen-bond acceptors (Lipinski definition) is 6. The van der Waals surface area contributed by atoms with Crippen molar-refractivity contribution in [2.45, 2.75) is 19.3 Å². The van der Waals surface area contributed by atoms with E-state index in [1.54, 1.807) is 31.2 Å². The Morgan fingerprint density at radius 2 is 1.92 bits per heavy atom. The van der Waals surface area contributed by atoms with E-state index in [1.807, 2.05) is 5.32 Å². The number of aromatic nitrogens is 3. The first-order chi connectivity index (χ1) is 18.7. The number of alkyl halides is 3. The molecule has 2 aromatic heterocycles. The molecule has 1 unspecified atom stereocenters. The molecule has 4 rings (SSSR count). The summed E-state index contributed by atoms with van der Waals surface area (Å²) in [5.41, 5.74) is 1.88. The number of halogens is 3. The van der Waals surface area contributed by atoms with Crippen LogP contribution in [0.15, 0.2) is 54.7 Å². The third-order valence-corrected chi connectivity index (χ3v) is 5.45. The lowest BCUT2D eigenvalue weighted by molar-refractivity contribution is -0.274. The molecule has 37 heavy (non-hydrogen) atoms. The summed E-state index contributed by atoms with van der Waals surface area (Å²) in [5, 5.41) is 11.6. The minimum Gasteiger partial charge on any atom is -0.480 e. The number of amides is 2. The van der Waals surface area contributed by atoms with E-state index in [-0.39, 0.29) is 17.1 Å². The molecule has 2 heterocycles. The van der Waals surface area contributed by atoms with Crippen molar-refractivity contribution in [1.82, 2.24) is 25.8 Å². The number of methoxy groups -OCH3 is 1. The Hall–Kier alpha value is -4.61. The first-order valence-corrected chi connectivity index (χ1v) is 10.8. The lowest BCUT2D eigenvalue weighted by atomic mass is 10.0. The van der Waals surface area contributed by atoms with Crippen molar-refractivity contribution in [3.8, 4) is 22.8 Å². The highest BCUT2D eigenvalue weighted by atomic mass is 19.4. The number of benzene rings is 2. The molecule has 0 aliphatic heterocycles. The third-order valence-electron chi connectivity index (χ3n) is 5.45. The zero-order chi connectivity index (χ0) is 29.2. The summed E-state index contributed by atoms with van der Waals surface area (Å²) in [6.07, 6.45) is -3.38. The van der Waals surface area contributed by atoms with E-state index >= 15 is 0 Å². The van der Waals surface area contributed by atoms with Crippen molar-refractivity contribution in [1.29, 1.82) is 0 Å². The number of carbonyl (C=O) groups is 2. The molecule has 0 fully saturated rings. The number of ether oxygens (including phenoxy) is 2. The molecule has 0 aliphatic rings. The summed E-state index contributed by atoms with van der Waals surface area (Å²) in [5.74, 6) is -1.85. The van der Waals surface area contributed by atoms with Crippen molar-refractivity contribution >= 4 is 22.7 Å². The smallest absolute Gasteiger partial charge is 0.480 e. The highest BCUT2D eigenvalue weighted by Gasteiger charge is 2.31. The number of pyridine rings is 1. The van der Waals surface area contributed by atoms with Gasteiger partial charge in [0, 0.05) is 28.2 Å². The Bertz CT molecular complexity index is 1570. The molecule has 12 heteroatoms. The minimum atomic E-state index is -4.85. The fourth-order valence-corrected chi connectivity index (χ4v) is 3.71. The molecular formula is C25H22F3N5O4. The Kier molecular flexibility index (Phi) is 5.95. The molecule has 1 atom stereocenters. The van der Waals surface area contributed by atoms with Crippen molar-refractivity contribution in [2.24, 2.45) is 0 Å². The number of nitrogens with one attached hydrogen (secondary N) is 3. The molecule has 3 N–H and O–H groups in total. The van der Waals surface area contributed by atoms with Crippen LogP contribution in [0, 0.1) is 0 Å². The van der Waals surface area contributed by atoms with Crippen molar-refractivity contribution < 1.29 is 36.3 Å². The lowest BCUT2D eigenvalue weighted by Gasteiger charge is -2.17. The second kappa shape index (κ2) is 10.2. The van der Waals surface area contributed by atoms with Crippen LogP contribution in [0.3, 0.4) is 0 Å². The van der Waals surface area contributed by atoms with Gasteiger partial charge < -0.3 is 20.1 Å². The van der Waals surface area contributed by atoms with Gasteiger partial charge in [-0.15, -0.1) is 13.2 Å². The van der Waals surface area contributed by atoms with Gasteiger partial charge in [-0.25, -0.2) is 4.98 Å². The van der Waals surface area contributed by atoms with Gasteiger partial charge in [0.25, 0.3) is 11.8 Å². The second-order valence-electron chi connectivity index (χ2n) is 7.88. The van der Waals surface area contributed by atoms with Crippen LogP contribution in [0.25, 0.3) is 22.0 Å². The molecule has 192 valence electrons. The predicted octanol–water partition coefficient (Wildman–Crippen LogP) is 4.38. The molecule has 2 amide bonds. The zero-order valence-corrected chi connectivity index (χ0v) is 19.4. The summed E-state index contributed by atoms with van der Waals surface area (Å²) in [7, 11) is 1.34. The minimum absolute atomic E-state index is 0.0221. The quantitative estimate of drug-likeness (QED) is 0.336. The molecule has 0 radical (unpaired) electrons. The van der Waals surface area contributed by atoms with Gasteiger partial charge in [-0.2, -0.15) is 5.10 Å². The van der Waals surface area contributed by atoms with Crippen LogP contribution in [-0.2, 0) is 0 Å². The van der Waals surface area contributed by atoms with Gasteiger partial charge in [-0.1, -0.05) is 18.2 Å². The highest BCUT2D eigenvalue weighted by Crippen LogP contribution is 2.29. The Morgan fingerprint density at radius 3 is 2.65 bits per heavy atom. The Labute approximate surface area is 213 Å². The monoisotopic (exact) mass is 516 g/mol. The first-order valence-electron chi connectivity index (χ1n) is 12.3. The molecule has 9 nitrogen and oxygen atoms in total. The van der Waals surface area contributed by atoms with Crippen molar-refractivity contribution in [3.63, 3.8) is 0 Å². The number of H-pyrrole nitrogens is 1. The van der Waals surface area contributed by atoms with Crippen LogP contribution in [0.1, 0.15) is 43.5 Å². The van der Waals surface area contributed by atoms with E-state index in [0.717, 1.165) is 6.07 Å². The van der Waals surface area contributed by atoms with E-state index < -0.39 is 36.9 Å². The highest BCUT2D eigenvalue weighted by molar-refractivity contribution is 6.05. The average Bonchev–Trinajstić information content (AvgIpc) is 3.30. The van der Waals surface area contributed by atoms with E-state index in [0.29, 0.717) is 27.6 Å². The van der Waals surface area contributed by atoms with Gasteiger partial charge in [0.1, 0.15) is 11.3 Å². The van der Waals surface area contributed by atoms with Crippen LogP contribution in [-0.4, -0.2) is 47.4 Å². The van der Waals surface area contributed by atoms with Crippen LogP contribution in [0.5, 0.6) is 11.6 Å². The molecule has 0 saturated heterocycles. The molecule has 0 spiro atoms. The van der Waals surface area contributed by atoms with Gasteiger partial charge in [0.15, 0.2) is 5.69 Å². The standard InChI is InChI=1S/C25H22F3N5O4/c1-13(14-5-4-6-17(9-14)37-25(26,27)28)31-22(34)19-10-16(12-30-24(19)36-3)15-7-8-18-20(11-15)32-33-21(18)23(35)29-2/h4-13H,1-3H3,(H,29,35)(H,31,34)(H,32,33)/i2D3. The zero-order valence-electron chi connectivity index (χ0n) is 22.4. The van der Waals surface area contributed by atoms with Crippen molar-refractivity contribution in [2.75, 3.05) is 14.1 Å². The van der Waals surface area contributed by atoms with Crippen LogP contribution < -0.4 is 20.1 Å². The molecule has 0 bridgehead atoms. The topological polar surface area (TPSA) is 118 Å². The molecule has 4 aromatic rings. The Morgan fingerprint density at radius 1 is 1.11 bits per heavy atom. The third kappa shape index (κ3) is 5.63. The fourth-order valence-electron chi connectivity index (χ4n) is 3.71. The number of carbonyl (C=O) groups excluding carboxylic acids is 2. The number of nitrogens with zero attached hydrogens (tertiary/aromatic N) is 2. The van der Waals surface area contributed by atoms with Gasteiger partial charge in [0.05, 0.1) is 18.7 Å². The summed E-state index contributed by atoms with van der Waals surface area (Å²) >= 11 is 0. The SMILES string of the molecule is [2H]C([2H])([2H])NC(=O)c1n[nH]c2cc(-c3cnc(OC)c(C(=O)NC(C)c4cccc(OC(F)(F)F)c4)c3)ccc12. The van der Waals surface area contributed by atoms with Crippen LogP contribution in [0.2, 0.25) is 0 Å². The van der Waals surface area contributed by atoms with E-state index in [9.17, 15) is 22.8 Å². The lowest BCUT2D eigenvalue weighted by Crippen LogP contribution is -2.27. The number of aromatic amines is 1. The van der Waals surface area contributed by atoms with E-state index in [2.05, 4.69) is 25.2 Å². The molecular weight excluding hydrogens is 491 g/mol. The first kappa shape index (κ1) is 21.7. The fraction of sp³-hybridized carbons (Fsp3) is 0.200. The van der Waals surface area contributed by atoms with E-state index in [1.165, 1.54) is 31.5 Å². The average molecular weight is 516 g/mol. The molecule has 0 aliphatic carbocycles.